The predicted octanol–water partition coefficient (Wildman–Crippen LogP) is 1.68. The predicted molar refractivity (Wildman–Crippen MR) is 81.8 cm³/mol. The molecule has 0 aliphatic rings. The van der Waals surface area contributed by atoms with Crippen molar-refractivity contribution < 1.29 is 10.2 Å². The van der Waals surface area contributed by atoms with Gasteiger partial charge in [-0.15, -0.1) is 0 Å². The largest absolute Gasteiger partial charge is 0.508 e. The Hall–Kier alpha value is -2.60. The van der Waals surface area contributed by atoms with Gasteiger partial charge in [0.1, 0.15) is 17.2 Å². The number of thiocarbonyl (C=S) groups is 1. The molecule has 0 aliphatic heterocycles. The summed E-state index contributed by atoms with van der Waals surface area (Å²) in [7, 11) is 0. The molecular formula is C14H13N3O2S. The van der Waals surface area contributed by atoms with E-state index in [9.17, 15) is 10.2 Å². The molecule has 0 aromatic heterocycles. The SMILES string of the molecule is NC(=S)N/N=C(/c1ccccc1)c1ccc(O)cc1O. The van der Waals surface area contributed by atoms with E-state index in [1.165, 1.54) is 12.1 Å². The average molecular weight is 287 g/mol. The monoisotopic (exact) mass is 287 g/mol. The lowest BCUT2D eigenvalue weighted by Gasteiger charge is -2.10. The lowest BCUT2D eigenvalue weighted by molar-refractivity contribution is 0.450. The second-order valence-electron chi connectivity index (χ2n) is 4.00. The number of phenols is 2. The van der Waals surface area contributed by atoms with Gasteiger partial charge >= 0.3 is 0 Å². The number of nitrogens with one attached hydrogen (secondary N) is 1. The summed E-state index contributed by atoms with van der Waals surface area (Å²) in [5.74, 6) is -0.113. The quantitative estimate of drug-likeness (QED) is 0.392. The number of hydrazone groups is 1. The van der Waals surface area contributed by atoms with E-state index in [4.69, 9.17) is 18.0 Å². The standard InChI is InChI=1S/C14H13N3O2S/c15-14(20)17-16-13(9-4-2-1-3-5-9)11-7-6-10(18)8-12(11)19/h1-8,18-19H,(H3,15,17,20)/b16-13-. The van der Waals surface area contributed by atoms with Gasteiger partial charge in [-0.3, -0.25) is 5.43 Å². The first-order valence-corrected chi connectivity index (χ1v) is 6.19. The summed E-state index contributed by atoms with van der Waals surface area (Å²) in [6, 6.07) is 13.5. The van der Waals surface area contributed by atoms with Gasteiger partial charge in [-0.05, 0) is 24.4 Å². The Morgan fingerprint density at radius 2 is 1.80 bits per heavy atom. The van der Waals surface area contributed by atoms with Crippen LogP contribution in [0.1, 0.15) is 11.1 Å². The van der Waals surface area contributed by atoms with Crippen molar-refractivity contribution in [2.45, 2.75) is 0 Å². The van der Waals surface area contributed by atoms with Crippen LogP contribution in [0.3, 0.4) is 0 Å². The highest BCUT2D eigenvalue weighted by Gasteiger charge is 2.12. The van der Waals surface area contributed by atoms with E-state index < -0.39 is 0 Å². The van der Waals surface area contributed by atoms with Crippen LogP contribution in [0.4, 0.5) is 0 Å². The maximum Gasteiger partial charge on any atom is 0.184 e. The first kappa shape index (κ1) is 13.8. The topological polar surface area (TPSA) is 90.9 Å². The average Bonchev–Trinajstić information content (AvgIpc) is 2.42. The van der Waals surface area contributed by atoms with E-state index in [-0.39, 0.29) is 16.6 Å². The zero-order valence-corrected chi connectivity index (χ0v) is 11.3. The molecule has 0 saturated heterocycles. The van der Waals surface area contributed by atoms with Crippen molar-refractivity contribution in [1.29, 1.82) is 0 Å². The molecule has 0 spiro atoms. The first-order valence-electron chi connectivity index (χ1n) is 5.79. The van der Waals surface area contributed by atoms with Crippen molar-refractivity contribution in [2.24, 2.45) is 10.8 Å². The smallest absolute Gasteiger partial charge is 0.184 e. The molecule has 102 valence electrons. The summed E-state index contributed by atoms with van der Waals surface area (Å²) in [6.07, 6.45) is 0. The summed E-state index contributed by atoms with van der Waals surface area (Å²) >= 11 is 4.72. The number of benzene rings is 2. The van der Waals surface area contributed by atoms with E-state index in [0.717, 1.165) is 5.56 Å². The highest BCUT2D eigenvalue weighted by Crippen LogP contribution is 2.25. The Bertz CT molecular complexity index is 657. The summed E-state index contributed by atoms with van der Waals surface area (Å²) in [5.41, 5.74) is 9.58. The maximum atomic E-state index is 9.96. The normalized spacial score (nSPS) is 11.1. The molecule has 0 unspecified atom stereocenters. The molecular weight excluding hydrogens is 274 g/mol. The van der Waals surface area contributed by atoms with Gasteiger partial charge in [-0.25, -0.2) is 0 Å². The number of rotatable bonds is 3. The molecule has 6 heteroatoms. The van der Waals surface area contributed by atoms with Crippen molar-refractivity contribution in [3.63, 3.8) is 0 Å². The third kappa shape index (κ3) is 3.24. The fourth-order valence-corrected chi connectivity index (χ4v) is 1.75. The van der Waals surface area contributed by atoms with Crippen LogP contribution in [0.25, 0.3) is 0 Å². The van der Waals surface area contributed by atoms with Crippen LogP contribution in [0.5, 0.6) is 11.5 Å². The molecule has 2 aromatic rings. The first-order chi connectivity index (χ1) is 9.58. The molecule has 5 nitrogen and oxygen atoms in total. The van der Waals surface area contributed by atoms with Gasteiger partial charge in [0.25, 0.3) is 0 Å². The zero-order valence-electron chi connectivity index (χ0n) is 10.4. The van der Waals surface area contributed by atoms with Gasteiger partial charge in [0.05, 0.1) is 0 Å². The van der Waals surface area contributed by atoms with Gasteiger partial charge in [-0.1, -0.05) is 30.3 Å². The maximum absolute atomic E-state index is 9.96. The van der Waals surface area contributed by atoms with Crippen molar-refractivity contribution in [1.82, 2.24) is 5.43 Å². The zero-order chi connectivity index (χ0) is 14.5. The minimum absolute atomic E-state index is 0.0247. The van der Waals surface area contributed by atoms with Crippen molar-refractivity contribution in [3.8, 4) is 11.5 Å². The molecule has 0 bridgehead atoms. The summed E-state index contributed by atoms with van der Waals surface area (Å²) in [5, 5.41) is 23.4. The van der Waals surface area contributed by atoms with Crippen molar-refractivity contribution >= 4 is 23.0 Å². The van der Waals surface area contributed by atoms with Crippen LogP contribution in [0.2, 0.25) is 0 Å². The van der Waals surface area contributed by atoms with Crippen LogP contribution >= 0.6 is 12.2 Å². The molecule has 0 radical (unpaired) electrons. The Morgan fingerprint density at radius 3 is 2.40 bits per heavy atom. The van der Waals surface area contributed by atoms with Crippen LogP contribution in [-0.2, 0) is 0 Å². The highest BCUT2D eigenvalue weighted by molar-refractivity contribution is 7.80. The van der Waals surface area contributed by atoms with Gasteiger partial charge in [-0.2, -0.15) is 5.10 Å². The molecule has 0 amide bonds. The van der Waals surface area contributed by atoms with Gasteiger partial charge in [0.2, 0.25) is 0 Å². The molecule has 5 N–H and O–H groups in total. The van der Waals surface area contributed by atoms with E-state index >= 15 is 0 Å². The molecule has 2 rings (SSSR count). The number of aromatic hydroxyl groups is 2. The van der Waals surface area contributed by atoms with E-state index in [1.807, 2.05) is 30.3 Å². The minimum Gasteiger partial charge on any atom is -0.508 e. The molecule has 0 aliphatic carbocycles. The Labute approximate surface area is 121 Å². The number of phenolic OH excluding ortho intramolecular Hbond substituents is 2. The summed E-state index contributed by atoms with van der Waals surface area (Å²) in [6.45, 7) is 0. The van der Waals surface area contributed by atoms with Crippen LogP contribution < -0.4 is 11.2 Å². The number of nitrogens with zero attached hydrogens (tertiary/aromatic N) is 1. The molecule has 20 heavy (non-hydrogen) atoms. The minimum atomic E-state index is -0.0858. The van der Waals surface area contributed by atoms with E-state index in [1.54, 1.807) is 6.07 Å². The summed E-state index contributed by atoms with van der Waals surface area (Å²) < 4.78 is 0. The number of hydrogen-bond donors (Lipinski definition) is 4. The fourth-order valence-electron chi connectivity index (χ4n) is 1.71. The molecule has 0 heterocycles. The molecule has 0 fully saturated rings. The van der Waals surface area contributed by atoms with Gasteiger partial charge in [0, 0.05) is 17.2 Å². The second kappa shape index (κ2) is 6.03. The molecule has 2 aromatic carbocycles. The Kier molecular flexibility index (Phi) is 4.17. The van der Waals surface area contributed by atoms with E-state index in [2.05, 4.69) is 10.5 Å². The van der Waals surface area contributed by atoms with Crippen LogP contribution in [0.15, 0.2) is 53.6 Å². The number of nitrogens with two attached hydrogens (primary N) is 1. The van der Waals surface area contributed by atoms with Crippen molar-refractivity contribution in [3.05, 3.63) is 59.7 Å². The third-order valence-corrected chi connectivity index (χ3v) is 2.65. The summed E-state index contributed by atoms with van der Waals surface area (Å²) in [4.78, 5) is 0. The van der Waals surface area contributed by atoms with Gasteiger partial charge < -0.3 is 15.9 Å². The highest BCUT2D eigenvalue weighted by atomic mass is 32.1. The Balaban J connectivity index is 2.52. The fraction of sp³-hybridized carbons (Fsp3) is 0. The van der Waals surface area contributed by atoms with Gasteiger partial charge in [0.15, 0.2) is 5.11 Å². The van der Waals surface area contributed by atoms with Crippen molar-refractivity contribution in [2.75, 3.05) is 0 Å². The third-order valence-electron chi connectivity index (χ3n) is 2.56. The lowest BCUT2D eigenvalue weighted by atomic mass is 10.0. The van der Waals surface area contributed by atoms with Crippen LogP contribution in [0, 0.1) is 0 Å². The molecule has 0 saturated carbocycles. The van der Waals surface area contributed by atoms with Crippen LogP contribution in [-0.4, -0.2) is 21.0 Å². The second-order valence-corrected chi connectivity index (χ2v) is 4.44. The Morgan fingerprint density at radius 1 is 1.10 bits per heavy atom. The van der Waals surface area contributed by atoms with E-state index in [0.29, 0.717) is 11.3 Å². The number of hydrogen-bond acceptors (Lipinski definition) is 4. The molecule has 0 atom stereocenters. The lowest BCUT2D eigenvalue weighted by Crippen LogP contribution is -2.26.